The van der Waals surface area contributed by atoms with E-state index < -0.39 is 51.2 Å². The average Bonchev–Trinajstić information content (AvgIpc) is 3.29. The third-order valence-corrected chi connectivity index (χ3v) is 7.13. The molecule has 0 aliphatic carbocycles. The maximum atomic E-state index is 14.1. The highest BCUT2D eigenvalue weighted by Gasteiger charge is 2.41. The molecule has 1 aliphatic heterocycles. The summed E-state index contributed by atoms with van der Waals surface area (Å²) in [6.07, 6.45) is 0.479. The standard InChI is InChI=1S/C22H24FN3O6S/c23-17-9-4-5-11-19(17)33(30,31)26-13-6-10-18(26)22(29)32-15-21(28)25(14-12-20(24)27)16-7-2-1-3-8-16/h1-5,7-9,11,18H,6,10,12-15H2,(H2,24,27). The summed E-state index contributed by atoms with van der Waals surface area (Å²) in [5.41, 5.74) is 5.68. The number of hydrogen-bond donors (Lipinski definition) is 1. The normalized spacial score (nSPS) is 16.3. The average molecular weight is 478 g/mol. The largest absolute Gasteiger partial charge is 0.454 e. The van der Waals surface area contributed by atoms with Crippen molar-refractivity contribution in [3.05, 3.63) is 60.4 Å². The number of carbonyl (C=O) groups is 3. The van der Waals surface area contributed by atoms with Crippen LogP contribution < -0.4 is 10.6 Å². The van der Waals surface area contributed by atoms with Crippen molar-refractivity contribution in [2.24, 2.45) is 5.73 Å². The van der Waals surface area contributed by atoms with Crippen LogP contribution in [-0.2, 0) is 29.1 Å². The first-order chi connectivity index (χ1) is 15.7. The zero-order valence-corrected chi connectivity index (χ0v) is 18.5. The molecule has 11 heteroatoms. The summed E-state index contributed by atoms with van der Waals surface area (Å²) in [6.45, 7) is -0.636. The highest BCUT2D eigenvalue weighted by Crippen LogP contribution is 2.28. The molecule has 0 saturated carbocycles. The summed E-state index contributed by atoms with van der Waals surface area (Å²) in [7, 11) is -4.27. The fraction of sp³-hybridized carbons (Fsp3) is 0.318. The predicted octanol–water partition coefficient (Wildman–Crippen LogP) is 1.43. The maximum Gasteiger partial charge on any atom is 0.324 e. The van der Waals surface area contributed by atoms with Gasteiger partial charge in [-0.15, -0.1) is 0 Å². The lowest BCUT2D eigenvalue weighted by Gasteiger charge is -2.24. The number of para-hydroxylation sites is 1. The van der Waals surface area contributed by atoms with Gasteiger partial charge in [0.05, 0.1) is 0 Å². The van der Waals surface area contributed by atoms with Crippen LogP contribution in [0.25, 0.3) is 0 Å². The molecule has 1 unspecified atom stereocenters. The van der Waals surface area contributed by atoms with E-state index in [1.807, 2.05) is 0 Å². The molecule has 3 rings (SSSR count). The summed E-state index contributed by atoms with van der Waals surface area (Å²) in [5.74, 6) is -3.01. The second-order valence-electron chi connectivity index (χ2n) is 7.41. The molecule has 1 aliphatic rings. The topological polar surface area (TPSA) is 127 Å². The molecule has 1 saturated heterocycles. The minimum atomic E-state index is -4.27. The van der Waals surface area contributed by atoms with Gasteiger partial charge in [0, 0.05) is 25.2 Å². The van der Waals surface area contributed by atoms with E-state index in [1.165, 1.54) is 17.0 Å². The number of sulfonamides is 1. The van der Waals surface area contributed by atoms with Crippen LogP contribution in [0.3, 0.4) is 0 Å². The Balaban J connectivity index is 1.70. The van der Waals surface area contributed by atoms with E-state index in [0.29, 0.717) is 12.1 Å². The zero-order valence-electron chi connectivity index (χ0n) is 17.7. The lowest BCUT2D eigenvalue weighted by molar-refractivity contribution is -0.151. The minimum Gasteiger partial charge on any atom is -0.454 e. The summed E-state index contributed by atoms with van der Waals surface area (Å²) in [4.78, 5) is 37.3. The molecule has 0 bridgehead atoms. The van der Waals surface area contributed by atoms with Gasteiger partial charge in [-0.1, -0.05) is 30.3 Å². The minimum absolute atomic E-state index is 0.00700. The van der Waals surface area contributed by atoms with Gasteiger partial charge in [-0.3, -0.25) is 14.4 Å². The highest BCUT2D eigenvalue weighted by molar-refractivity contribution is 7.89. The number of amides is 2. The molecule has 2 N–H and O–H groups in total. The fourth-order valence-corrected chi connectivity index (χ4v) is 5.29. The van der Waals surface area contributed by atoms with Crippen LogP contribution in [-0.4, -0.2) is 56.2 Å². The first-order valence-electron chi connectivity index (χ1n) is 10.3. The molecule has 0 radical (unpaired) electrons. The molecule has 2 aromatic rings. The quantitative estimate of drug-likeness (QED) is 0.545. The Hall–Kier alpha value is -3.31. The molecule has 1 fully saturated rings. The van der Waals surface area contributed by atoms with E-state index in [2.05, 4.69) is 0 Å². The van der Waals surface area contributed by atoms with E-state index in [9.17, 15) is 27.2 Å². The molecule has 1 heterocycles. The van der Waals surface area contributed by atoms with Crippen LogP contribution in [0.4, 0.5) is 10.1 Å². The van der Waals surface area contributed by atoms with Gasteiger partial charge in [0.1, 0.15) is 16.8 Å². The smallest absolute Gasteiger partial charge is 0.324 e. The number of hydrogen-bond acceptors (Lipinski definition) is 6. The molecule has 33 heavy (non-hydrogen) atoms. The zero-order chi connectivity index (χ0) is 24.0. The van der Waals surface area contributed by atoms with Gasteiger partial charge in [-0.25, -0.2) is 12.8 Å². The molecule has 1 atom stereocenters. The first kappa shape index (κ1) is 24.3. The summed E-state index contributed by atoms with van der Waals surface area (Å²) in [6, 6.07) is 12.2. The molecular formula is C22H24FN3O6S. The van der Waals surface area contributed by atoms with Crippen molar-refractivity contribution in [2.75, 3.05) is 24.6 Å². The number of rotatable bonds is 9. The number of nitrogens with two attached hydrogens (primary N) is 1. The third kappa shape index (κ3) is 5.74. The van der Waals surface area contributed by atoms with E-state index in [4.69, 9.17) is 10.5 Å². The van der Waals surface area contributed by atoms with Crippen molar-refractivity contribution in [2.45, 2.75) is 30.2 Å². The Morgan fingerprint density at radius 1 is 1.09 bits per heavy atom. The summed E-state index contributed by atoms with van der Waals surface area (Å²) < 4.78 is 46.0. The molecule has 9 nitrogen and oxygen atoms in total. The van der Waals surface area contributed by atoms with E-state index >= 15 is 0 Å². The van der Waals surface area contributed by atoms with Crippen LogP contribution in [0.2, 0.25) is 0 Å². The van der Waals surface area contributed by atoms with Gasteiger partial charge < -0.3 is 15.4 Å². The highest BCUT2D eigenvalue weighted by atomic mass is 32.2. The number of carbonyl (C=O) groups excluding carboxylic acids is 3. The second kappa shape index (κ2) is 10.5. The van der Waals surface area contributed by atoms with Gasteiger partial charge in [0.2, 0.25) is 15.9 Å². The Morgan fingerprint density at radius 2 is 1.76 bits per heavy atom. The lowest BCUT2D eigenvalue weighted by atomic mass is 10.2. The number of nitrogens with zero attached hydrogens (tertiary/aromatic N) is 2. The van der Waals surface area contributed by atoms with Crippen molar-refractivity contribution in [1.29, 1.82) is 0 Å². The predicted molar refractivity (Wildman–Crippen MR) is 117 cm³/mol. The number of halogens is 1. The van der Waals surface area contributed by atoms with Crippen LogP contribution in [0.1, 0.15) is 19.3 Å². The number of esters is 1. The van der Waals surface area contributed by atoms with E-state index in [0.717, 1.165) is 16.4 Å². The molecule has 176 valence electrons. The Morgan fingerprint density at radius 3 is 2.42 bits per heavy atom. The third-order valence-electron chi connectivity index (χ3n) is 5.19. The van der Waals surface area contributed by atoms with Crippen LogP contribution in [0.15, 0.2) is 59.5 Å². The molecule has 0 aromatic heterocycles. The van der Waals surface area contributed by atoms with Crippen molar-refractivity contribution < 1.29 is 31.9 Å². The monoisotopic (exact) mass is 477 g/mol. The van der Waals surface area contributed by atoms with E-state index in [1.54, 1.807) is 30.3 Å². The van der Waals surface area contributed by atoms with E-state index in [-0.39, 0.29) is 25.9 Å². The SMILES string of the molecule is NC(=O)CCN(C(=O)COC(=O)C1CCCN1S(=O)(=O)c1ccccc1F)c1ccccc1. The molecule has 2 aromatic carbocycles. The van der Waals surface area contributed by atoms with Crippen LogP contribution in [0.5, 0.6) is 0 Å². The first-order valence-corrected chi connectivity index (χ1v) is 11.7. The van der Waals surface area contributed by atoms with Crippen molar-refractivity contribution in [3.63, 3.8) is 0 Å². The van der Waals surface area contributed by atoms with Gasteiger partial charge in [0.15, 0.2) is 6.61 Å². The van der Waals surface area contributed by atoms with Gasteiger partial charge in [-0.2, -0.15) is 4.31 Å². The van der Waals surface area contributed by atoms with Crippen molar-refractivity contribution >= 4 is 33.5 Å². The van der Waals surface area contributed by atoms with Crippen molar-refractivity contribution in [1.82, 2.24) is 4.31 Å². The Bertz CT molecular complexity index is 1130. The van der Waals surface area contributed by atoms with Crippen LogP contribution >= 0.6 is 0 Å². The maximum absolute atomic E-state index is 14.1. The number of ether oxygens (including phenoxy) is 1. The van der Waals surface area contributed by atoms with Gasteiger partial charge >= 0.3 is 5.97 Å². The summed E-state index contributed by atoms with van der Waals surface area (Å²) in [5, 5.41) is 0. The molecule has 2 amide bonds. The molecular weight excluding hydrogens is 453 g/mol. The Kier molecular flexibility index (Phi) is 7.77. The van der Waals surface area contributed by atoms with Gasteiger partial charge in [-0.05, 0) is 37.1 Å². The number of benzene rings is 2. The Labute approximate surface area is 191 Å². The molecule has 0 spiro atoms. The fourth-order valence-electron chi connectivity index (χ4n) is 3.58. The second-order valence-corrected chi connectivity index (χ2v) is 9.27. The number of primary amides is 1. The van der Waals surface area contributed by atoms with Gasteiger partial charge in [0.25, 0.3) is 5.91 Å². The van der Waals surface area contributed by atoms with Crippen molar-refractivity contribution in [3.8, 4) is 0 Å². The van der Waals surface area contributed by atoms with Crippen LogP contribution in [0, 0.1) is 5.82 Å². The lowest BCUT2D eigenvalue weighted by Crippen LogP contribution is -2.43. The number of anilines is 1. The summed E-state index contributed by atoms with van der Waals surface area (Å²) >= 11 is 0.